The molecule has 1 aromatic rings. The molecule has 76 valence electrons. The maximum absolute atomic E-state index is 11.1. The molecule has 4 heteroatoms. The van der Waals surface area contributed by atoms with Gasteiger partial charge in [0, 0.05) is 11.1 Å². The van der Waals surface area contributed by atoms with Crippen molar-refractivity contribution < 1.29 is 14.6 Å². The zero-order chi connectivity index (χ0) is 10.7. The molecule has 0 aliphatic carbocycles. The molecule has 0 bridgehead atoms. The van der Waals surface area contributed by atoms with Gasteiger partial charge in [0.2, 0.25) is 0 Å². The summed E-state index contributed by atoms with van der Waals surface area (Å²) in [7, 11) is 1.46. The number of benzene rings is 1. The minimum absolute atomic E-state index is 0.0883. The summed E-state index contributed by atoms with van der Waals surface area (Å²) < 4.78 is 4.98. The van der Waals surface area contributed by atoms with Gasteiger partial charge in [-0.05, 0) is 19.1 Å². The third-order valence-electron chi connectivity index (χ3n) is 1.91. The van der Waals surface area contributed by atoms with E-state index in [1.165, 1.54) is 14.0 Å². The van der Waals surface area contributed by atoms with Gasteiger partial charge in [-0.2, -0.15) is 0 Å². The number of carbonyl (C=O) groups is 1. The van der Waals surface area contributed by atoms with E-state index >= 15 is 0 Å². The Balaban J connectivity index is 3.32. The Morgan fingerprint density at radius 3 is 2.64 bits per heavy atom. The second kappa shape index (κ2) is 4.44. The van der Waals surface area contributed by atoms with Gasteiger partial charge < -0.3 is 9.84 Å². The number of ether oxygens (including phenoxy) is 1. The molecule has 0 amide bonds. The summed E-state index contributed by atoms with van der Waals surface area (Å²) in [6.07, 6.45) is 0. The van der Waals surface area contributed by atoms with Crippen molar-refractivity contribution in [2.75, 3.05) is 7.11 Å². The first-order chi connectivity index (χ1) is 6.60. The van der Waals surface area contributed by atoms with Crippen molar-refractivity contribution in [1.82, 2.24) is 0 Å². The third kappa shape index (κ3) is 2.05. The van der Waals surface area contributed by atoms with Crippen molar-refractivity contribution >= 4 is 17.4 Å². The average Bonchev–Trinajstić information content (AvgIpc) is 2.17. The summed E-state index contributed by atoms with van der Waals surface area (Å²) in [5.74, 6) is 0.318. The topological polar surface area (TPSA) is 46.5 Å². The van der Waals surface area contributed by atoms with Gasteiger partial charge in [-0.3, -0.25) is 4.79 Å². The van der Waals surface area contributed by atoms with Crippen LogP contribution >= 0.6 is 11.6 Å². The Hall–Kier alpha value is -1.06. The van der Waals surface area contributed by atoms with E-state index in [0.717, 1.165) is 0 Å². The molecule has 1 N–H and O–H groups in total. The minimum atomic E-state index is -0.212. The largest absolute Gasteiger partial charge is 0.495 e. The molecule has 0 atom stereocenters. The van der Waals surface area contributed by atoms with Crippen LogP contribution in [-0.4, -0.2) is 18.0 Å². The Kier molecular flexibility index (Phi) is 3.49. The Morgan fingerprint density at radius 1 is 1.57 bits per heavy atom. The summed E-state index contributed by atoms with van der Waals surface area (Å²) in [5, 5.41) is 9.34. The zero-order valence-corrected chi connectivity index (χ0v) is 8.76. The molecular formula is C10H11ClO3. The number of rotatable bonds is 3. The highest BCUT2D eigenvalue weighted by atomic mass is 35.5. The average molecular weight is 215 g/mol. The first kappa shape index (κ1) is 11.0. The molecule has 0 aromatic heterocycles. The number of halogens is 1. The van der Waals surface area contributed by atoms with Crippen LogP contribution in [0.2, 0.25) is 5.02 Å². The third-order valence-corrected chi connectivity index (χ3v) is 2.34. The first-order valence-corrected chi connectivity index (χ1v) is 4.46. The number of carbonyl (C=O) groups excluding carboxylic acids is 1. The normalized spacial score (nSPS) is 10.0. The van der Waals surface area contributed by atoms with Crippen LogP contribution < -0.4 is 4.74 Å². The van der Waals surface area contributed by atoms with Crippen LogP contribution in [0.5, 0.6) is 5.75 Å². The number of hydrogen-bond donors (Lipinski definition) is 1. The fourth-order valence-electron chi connectivity index (χ4n) is 1.12. The van der Waals surface area contributed by atoms with Gasteiger partial charge in [0.15, 0.2) is 5.78 Å². The predicted octanol–water partition coefficient (Wildman–Crippen LogP) is 2.04. The smallest absolute Gasteiger partial charge is 0.159 e. The van der Waals surface area contributed by atoms with E-state index in [-0.39, 0.29) is 12.4 Å². The fourth-order valence-corrected chi connectivity index (χ4v) is 1.37. The molecule has 3 nitrogen and oxygen atoms in total. The molecule has 0 unspecified atom stereocenters. The molecule has 0 aliphatic rings. The van der Waals surface area contributed by atoms with E-state index in [9.17, 15) is 4.79 Å². The van der Waals surface area contributed by atoms with Crippen molar-refractivity contribution in [3.05, 3.63) is 28.3 Å². The van der Waals surface area contributed by atoms with Crippen LogP contribution in [0.1, 0.15) is 22.8 Å². The highest BCUT2D eigenvalue weighted by Gasteiger charge is 2.10. The Morgan fingerprint density at radius 2 is 2.21 bits per heavy atom. The molecule has 0 saturated heterocycles. The molecular weight excluding hydrogens is 204 g/mol. The van der Waals surface area contributed by atoms with Crippen molar-refractivity contribution in [3.63, 3.8) is 0 Å². The van der Waals surface area contributed by atoms with E-state index < -0.39 is 0 Å². The van der Waals surface area contributed by atoms with Crippen LogP contribution in [0.15, 0.2) is 12.1 Å². The van der Waals surface area contributed by atoms with Crippen LogP contribution in [0.4, 0.5) is 0 Å². The number of hydrogen-bond acceptors (Lipinski definition) is 3. The zero-order valence-electron chi connectivity index (χ0n) is 8.00. The van der Waals surface area contributed by atoms with E-state index in [1.54, 1.807) is 12.1 Å². The number of ketones is 1. The first-order valence-electron chi connectivity index (χ1n) is 4.08. The van der Waals surface area contributed by atoms with E-state index in [0.29, 0.717) is 21.9 Å². The predicted molar refractivity (Wildman–Crippen MR) is 53.9 cm³/mol. The lowest BCUT2D eigenvalue weighted by atomic mass is 10.1. The summed E-state index contributed by atoms with van der Waals surface area (Å²) in [4.78, 5) is 11.1. The maximum atomic E-state index is 11.1. The summed E-state index contributed by atoms with van der Waals surface area (Å²) >= 11 is 5.89. The summed E-state index contributed by atoms with van der Waals surface area (Å²) in [6.45, 7) is 1.24. The molecule has 1 rings (SSSR count). The number of Topliss-reactive ketones (excluding diaryl/α,β-unsaturated/α-hetero) is 1. The summed E-state index contributed by atoms with van der Waals surface area (Å²) in [5.41, 5.74) is 0.978. The van der Waals surface area contributed by atoms with Gasteiger partial charge >= 0.3 is 0 Å². The van der Waals surface area contributed by atoms with Crippen LogP contribution in [-0.2, 0) is 6.61 Å². The highest BCUT2D eigenvalue weighted by Crippen LogP contribution is 2.29. The van der Waals surface area contributed by atoms with Gasteiger partial charge in [0.05, 0.1) is 18.7 Å². The van der Waals surface area contributed by atoms with E-state index in [4.69, 9.17) is 21.4 Å². The lowest BCUT2D eigenvalue weighted by Crippen LogP contribution is -1.98. The van der Waals surface area contributed by atoms with Gasteiger partial charge in [0.1, 0.15) is 5.75 Å². The highest BCUT2D eigenvalue weighted by molar-refractivity contribution is 6.33. The standard InChI is InChI=1S/C10H11ClO3/c1-6(13)7-3-8(5-12)10(11)9(4-7)14-2/h3-4,12H,5H2,1-2H3. The second-order valence-corrected chi connectivity index (χ2v) is 3.24. The van der Waals surface area contributed by atoms with Gasteiger partial charge in [0.25, 0.3) is 0 Å². The fraction of sp³-hybridized carbons (Fsp3) is 0.300. The minimum Gasteiger partial charge on any atom is -0.495 e. The van der Waals surface area contributed by atoms with E-state index in [1.807, 2.05) is 0 Å². The van der Waals surface area contributed by atoms with Crippen LogP contribution in [0.25, 0.3) is 0 Å². The number of aliphatic hydroxyl groups is 1. The second-order valence-electron chi connectivity index (χ2n) is 2.87. The summed E-state index contributed by atoms with van der Waals surface area (Å²) in [6, 6.07) is 3.12. The van der Waals surface area contributed by atoms with Gasteiger partial charge in [-0.25, -0.2) is 0 Å². The molecule has 0 spiro atoms. The molecule has 0 heterocycles. The lowest BCUT2D eigenvalue weighted by molar-refractivity contribution is 0.101. The molecule has 0 aliphatic heterocycles. The number of methoxy groups -OCH3 is 1. The SMILES string of the molecule is COc1cc(C(C)=O)cc(CO)c1Cl. The Bertz CT molecular complexity index is 335. The quantitative estimate of drug-likeness (QED) is 0.784. The van der Waals surface area contributed by atoms with Crippen LogP contribution in [0, 0.1) is 0 Å². The van der Waals surface area contributed by atoms with Gasteiger partial charge in [-0.15, -0.1) is 0 Å². The van der Waals surface area contributed by atoms with Crippen molar-refractivity contribution in [3.8, 4) is 5.75 Å². The molecule has 14 heavy (non-hydrogen) atoms. The number of aliphatic hydroxyl groups excluding tert-OH is 1. The van der Waals surface area contributed by atoms with Gasteiger partial charge in [-0.1, -0.05) is 11.6 Å². The monoisotopic (exact) mass is 214 g/mol. The lowest BCUT2D eigenvalue weighted by Gasteiger charge is -2.08. The van der Waals surface area contributed by atoms with Crippen molar-refractivity contribution in [2.45, 2.75) is 13.5 Å². The molecule has 0 radical (unpaired) electrons. The molecule has 1 aromatic carbocycles. The Labute approximate surface area is 87.3 Å². The molecule has 0 saturated carbocycles. The van der Waals surface area contributed by atoms with Crippen molar-refractivity contribution in [1.29, 1.82) is 0 Å². The van der Waals surface area contributed by atoms with Crippen LogP contribution in [0.3, 0.4) is 0 Å². The van der Waals surface area contributed by atoms with Crippen molar-refractivity contribution in [2.24, 2.45) is 0 Å². The molecule has 0 fully saturated rings. The maximum Gasteiger partial charge on any atom is 0.159 e. The van der Waals surface area contributed by atoms with E-state index in [2.05, 4.69) is 0 Å².